The predicted octanol–water partition coefficient (Wildman–Crippen LogP) is 5.75. The van der Waals surface area contributed by atoms with Gasteiger partial charge in [-0.15, -0.1) is 11.3 Å². The molecule has 7 aromatic rings. The van der Waals surface area contributed by atoms with Gasteiger partial charge in [-0.25, -0.2) is 9.78 Å². The highest BCUT2D eigenvalue weighted by Gasteiger charge is 2.20. The van der Waals surface area contributed by atoms with Crippen LogP contribution in [0.2, 0.25) is 0 Å². The van der Waals surface area contributed by atoms with Crippen LogP contribution in [0.5, 0.6) is 0 Å². The number of esters is 1. The van der Waals surface area contributed by atoms with Gasteiger partial charge in [0.2, 0.25) is 0 Å². The van der Waals surface area contributed by atoms with Gasteiger partial charge in [-0.1, -0.05) is 24.3 Å². The molecule has 0 bridgehead atoms. The summed E-state index contributed by atoms with van der Waals surface area (Å²) < 4.78 is 8.85. The minimum Gasteiger partial charge on any atom is -0.465 e. The Balaban J connectivity index is 1.72. The summed E-state index contributed by atoms with van der Waals surface area (Å²) in [4.78, 5) is 30.4. The minimum atomic E-state index is -0.429. The number of rotatable bonds is 1. The molecule has 3 aromatic heterocycles. The Morgan fingerprint density at radius 1 is 0.875 bits per heavy atom. The summed E-state index contributed by atoms with van der Waals surface area (Å²) in [5.41, 5.74) is 2.18. The van der Waals surface area contributed by atoms with Gasteiger partial charge >= 0.3 is 5.97 Å². The van der Waals surface area contributed by atoms with E-state index >= 15 is 0 Å². The zero-order valence-corrected chi connectivity index (χ0v) is 17.7. The first-order valence-corrected chi connectivity index (χ1v) is 11.0. The topological polar surface area (TPSA) is 60.7 Å². The van der Waals surface area contributed by atoms with Gasteiger partial charge in [0, 0.05) is 30.9 Å². The number of hydrogen-bond donors (Lipinski definition) is 0. The Hall–Kier alpha value is -4.03. The molecule has 0 N–H and O–H groups in total. The number of imidazole rings is 1. The van der Waals surface area contributed by atoms with Crippen molar-refractivity contribution < 1.29 is 9.53 Å². The Labute approximate surface area is 184 Å². The van der Waals surface area contributed by atoms with Crippen LogP contribution in [0.1, 0.15) is 10.4 Å². The minimum absolute atomic E-state index is 0.103. The summed E-state index contributed by atoms with van der Waals surface area (Å²) in [7, 11) is 1.35. The van der Waals surface area contributed by atoms with Crippen LogP contribution in [-0.4, -0.2) is 22.5 Å². The van der Waals surface area contributed by atoms with Gasteiger partial charge in [-0.3, -0.25) is 9.20 Å². The van der Waals surface area contributed by atoms with E-state index in [0.29, 0.717) is 27.6 Å². The molecule has 0 radical (unpaired) electrons. The molecular formula is C26H14N2O3S. The predicted molar refractivity (Wildman–Crippen MR) is 129 cm³/mol. The summed E-state index contributed by atoms with van der Waals surface area (Å²) in [6, 6.07) is 21.6. The number of carbonyl (C=O) groups is 1. The highest BCUT2D eigenvalue weighted by Crippen LogP contribution is 2.41. The number of methoxy groups -OCH3 is 1. The SMILES string of the molecule is COC(=O)c1ccc2c(c1)nc1c3ccc4sc5ccccc5c5ccc(c(=O)n21)c3c45. The maximum Gasteiger partial charge on any atom is 0.337 e. The lowest BCUT2D eigenvalue weighted by molar-refractivity contribution is 0.0601. The molecular weight excluding hydrogens is 420 g/mol. The van der Waals surface area contributed by atoms with Gasteiger partial charge in [0.05, 0.1) is 23.7 Å². The summed E-state index contributed by atoms with van der Waals surface area (Å²) >= 11 is 1.73. The van der Waals surface area contributed by atoms with E-state index in [1.807, 2.05) is 18.2 Å². The van der Waals surface area contributed by atoms with Crippen molar-refractivity contribution in [3.05, 3.63) is 82.6 Å². The van der Waals surface area contributed by atoms with Crippen LogP contribution in [0.4, 0.5) is 0 Å². The lowest BCUT2D eigenvalue weighted by atomic mass is 9.98. The van der Waals surface area contributed by atoms with E-state index in [0.717, 1.165) is 26.2 Å². The second-order valence-electron chi connectivity index (χ2n) is 7.89. The summed E-state index contributed by atoms with van der Waals surface area (Å²) in [5.74, 6) is -0.429. The number of hydrogen-bond acceptors (Lipinski definition) is 5. The van der Waals surface area contributed by atoms with Crippen LogP contribution in [0.15, 0.2) is 71.5 Å². The molecule has 32 heavy (non-hydrogen) atoms. The zero-order valence-electron chi connectivity index (χ0n) is 16.9. The van der Waals surface area contributed by atoms with Gasteiger partial charge in [0.1, 0.15) is 5.65 Å². The van der Waals surface area contributed by atoms with E-state index in [2.05, 4.69) is 30.3 Å². The van der Waals surface area contributed by atoms with Gasteiger partial charge in [-0.2, -0.15) is 0 Å². The van der Waals surface area contributed by atoms with Crippen LogP contribution >= 0.6 is 11.3 Å². The number of carbonyl (C=O) groups excluding carboxylic acids is 1. The van der Waals surface area contributed by atoms with Crippen LogP contribution in [0.25, 0.3) is 58.4 Å². The van der Waals surface area contributed by atoms with Crippen LogP contribution in [0.3, 0.4) is 0 Å². The fourth-order valence-electron chi connectivity index (χ4n) is 4.87. The molecule has 0 saturated heterocycles. The van der Waals surface area contributed by atoms with Crippen molar-refractivity contribution in [3.8, 4) is 0 Å². The average molecular weight is 434 g/mol. The molecule has 3 heterocycles. The van der Waals surface area contributed by atoms with Gasteiger partial charge < -0.3 is 4.74 Å². The molecule has 6 heteroatoms. The largest absolute Gasteiger partial charge is 0.465 e. The Bertz CT molecular complexity index is 1970. The third-order valence-electron chi connectivity index (χ3n) is 6.27. The standard InChI is InChI=1S/C26H14N2O3S/c1-31-26(30)13-6-10-19-18(12-13)27-24-16-9-11-21-23-15(14-4-2-3-5-20(14)32-21)7-8-17(22(16)23)25(29)28(19)24/h2-12H,1H3. The van der Waals surface area contributed by atoms with E-state index in [4.69, 9.17) is 9.72 Å². The lowest BCUT2D eigenvalue weighted by Gasteiger charge is -2.13. The Morgan fingerprint density at radius 2 is 1.69 bits per heavy atom. The summed E-state index contributed by atoms with van der Waals surface area (Å²) in [5, 5.41) is 5.97. The molecule has 0 aliphatic heterocycles. The molecule has 7 rings (SSSR count). The quantitative estimate of drug-likeness (QED) is 0.188. The third kappa shape index (κ3) is 2.09. The maximum atomic E-state index is 13.6. The van der Waals surface area contributed by atoms with E-state index in [9.17, 15) is 9.59 Å². The van der Waals surface area contributed by atoms with Gasteiger partial charge in [0.25, 0.3) is 5.56 Å². The maximum absolute atomic E-state index is 13.6. The molecule has 0 aliphatic rings. The number of benzene rings is 4. The fraction of sp³-hybridized carbons (Fsp3) is 0.0385. The van der Waals surface area contributed by atoms with Crippen molar-refractivity contribution in [2.24, 2.45) is 0 Å². The molecule has 0 fully saturated rings. The normalized spacial score (nSPS) is 12.2. The summed E-state index contributed by atoms with van der Waals surface area (Å²) in [6.07, 6.45) is 0. The van der Waals surface area contributed by atoms with Crippen LogP contribution in [0, 0.1) is 0 Å². The second kappa shape index (κ2) is 6.02. The zero-order chi connectivity index (χ0) is 21.6. The molecule has 4 aromatic carbocycles. The molecule has 0 saturated carbocycles. The third-order valence-corrected chi connectivity index (χ3v) is 7.41. The Morgan fingerprint density at radius 3 is 2.56 bits per heavy atom. The molecule has 0 atom stereocenters. The first-order valence-electron chi connectivity index (χ1n) is 10.2. The van der Waals surface area contributed by atoms with E-state index in [-0.39, 0.29) is 5.56 Å². The number of pyridine rings is 1. The first kappa shape index (κ1) is 17.6. The van der Waals surface area contributed by atoms with Crippen LogP contribution < -0.4 is 5.56 Å². The second-order valence-corrected chi connectivity index (χ2v) is 8.97. The van der Waals surface area contributed by atoms with Crippen LogP contribution in [-0.2, 0) is 4.74 Å². The van der Waals surface area contributed by atoms with E-state index in [1.165, 1.54) is 17.2 Å². The van der Waals surface area contributed by atoms with Crippen molar-refractivity contribution in [2.75, 3.05) is 7.11 Å². The highest BCUT2D eigenvalue weighted by molar-refractivity contribution is 7.25. The van der Waals surface area contributed by atoms with Crippen molar-refractivity contribution in [3.63, 3.8) is 0 Å². The number of fused-ring (bicyclic) bond motifs is 6. The van der Waals surface area contributed by atoms with Crippen molar-refractivity contribution in [1.82, 2.24) is 9.38 Å². The first-order chi connectivity index (χ1) is 15.7. The van der Waals surface area contributed by atoms with Gasteiger partial charge in [0.15, 0.2) is 0 Å². The lowest BCUT2D eigenvalue weighted by Crippen LogP contribution is -2.13. The average Bonchev–Trinajstić information content (AvgIpc) is 3.22. The Kier molecular flexibility index (Phi) is 3.32. The highest BCUT2D eigenvalue weighted by atomic mass is 32.1. The molecule has 5 nitrogen and oxygen atoms in total. The molecule has 0 amide bonds. The van der Waals surface area contributed by atoms with E-state index in [1.54, 1.807) is 33.9 Å². The molecule has 0 unspecified atom stereocenters. The van der Waals surface area contributed by atoms with E-state index < -0.39 is 5.97 Å². The number of nitrogens with zero attached hydrogens (tertiary/aromatic N) is 2. The number of aromatic nitrogens is 2. The monoisotopic (exact) mass is 434 g/mol. The summed E-state index contributed by atoms with van der Waals surface area (Å²) in [6.45, 7) is 0. The van der Waals surface area contributed by atoms with Crippen molar-refractivity contribution >= 4 is 75.7 Å². The molecule has 152 valence electrons. The fourth-order valence-corrected chi connectivity index (χ4v) is 5.99. The van der Waals surface area contributed by atoms with Gasteiger partial charge in [-0.05, 0) is 53.2 Å². The number of ether oxygens (including phenoxy) is 1. The van der Waals surface area contributed by atoms with Crippen molar-refractivity contribution in [2.45, 2.75) is 0 Å². The molecule has 0 spiro atoms. The van der Waals surface area contributed by atoms with Crippen molar-refractivity contribution in [1.29, 1.82) is 0 Å². The molecule has 0 aliphatic carbocycles. The smallest absolute Gasteiger partial charge is 0.337 e.